The van der Waals surface area contributed by atoms with E-state index in [2.05, 4.69) is 9.88 Å². The van der Waals surface area contributed by atoms with Gasteiger partial charge in [0.1, 0.15) is 17.4 Å². The number of nitrogens with zero attached hydrogens (tertiary/aromatic N) is 2. The summed E-state index contributed by atoms with van der Waals surface area (Å²) in [4.78, 5) is 6.62. The van der Waals surface area contributed by atoms with Crippen molar-refractivity contribution in [3.63, 3.8) is 0 Å². The largest absolute Gasteiger partial charge is 0.490 e. The molecule has 0 aliphatic carbocycles. The van der Waals surface area contributed by atoms with Crippen LogP contribution in [0, 0.1) is 0 Å². The third-order valence-electron chi connectivity index (χ3n) is 3.46. The van der Waals surface area contributed by atoms with Crippen LogP contribution in [0.5, 0.6) is 5.75 Å². The van der Waals surface area contributed by atoms with E-state index in [0.717, 1.165) is 49.2 Å². The molecule has 21 heavy (non-hydrogen) atoms. The molecule has 2 heterocycles. The summed E-state index contributed by atoms with van der Waals surface area (Å²) in [5.41, 5.74) is 7.75. The molecule has 1 fully saturated rings. The highest BCUT2D eigenvalue weighted by Gasteiger charge is 2.10. The van der Waals surface area contributed by atoms with Gasteiger partial charge in [0.2, 0.25) is 0 Å². The minimum absolute atomic E-state index is 0.640. The van der Waals surface area contributed by atoms with Crippen LogP contribution in [0.15, 0.2) is 29.8 Å². The van der Waals surface area contributed by atoms with Crippen LogP contribution in [0.4, 0.5) is 5.69 Å². The lowest BCUT2D eigenvalue weighted by Gasteiger charge is -2.26. The second-order valence-electron chi connectivity index (χ2n) is 4.89. The van der Waals surface area contributed by atoms with Crippen molar-refractivity contribution in [1.29, 1.82) is 0 Å². The lowest BCUT2D eigenvalue weighted by atomic mass is 10.2. The molecule has 0 amide bonds. The molecule has 6 heteroatoms. The number of hydrogen-bond donors (Lipinski definition) is 1. The monoisotopic (exact) mass is 305 g/mol. The SMILES string of the molecule is Nc1cc(-c2nccs2)ccc1OCCN1CCOCC1. The molecule has 5 nitrogen and oxygen atoms in total. The zero-order valence-corrected chi connectivity index (χ0v) is 12.6. The molecule has 0 atom stereocenters. The Morgan fingerprint density at radius 2 is 2.19 bits per heavy atom. The minimum Gasteiger partial charge on any atom is -0.490 e. The zero-order chi connectivity index (χ0) is 14.5. The van der Waals surface area contributed by atoms with E-state index in [1.165, 1.54) is 0 Å². The van der Waals surface area contributed by atoms with E-state index in [9.17, 15) is 0 Å². The van der Waals surface area contributed by atoms with Crippen LogP contribution in [0.25, 0.3) is 10.6 Å². The molecule has 0 spiro atoms. The van der Waals surface area contributed by atoms with Crippen molar-refractivity contribution in [3.05, 3.63) is 29.8 Å². The summed E-state index contributed by atoms with van der Waals surface area (Å²) >= 11 is 1.60. The highest BCUT2D eigenvalue weighted by molar-refractivity contribution is 7.13. The molecular weight excluding hydrogens is 286 g/mol. The van der Waals surface area contributed by atoms with Crippen LogP contribution in [0.1, 0.15) is 0 Å². The first-order chi connectivity index (χ1) is 10.3. The maximum Gasteiger partial charge on any atom is 0.142 e. The van der Waals surface area contributed by atoms with Crippen molar-refractivity contribution in [1.82, 2.24) is 9.88 Å². The highest BCUT2D eigenvalue weighted by Crippen LogP contribution is 2.29. The topological polar surface area (TPSA) is 60.6 Å². The quantitative estimate of drug-likeness (QED) is 0.857. The van der Waals surface area contributed by atoms with Crippen molar-refractivity contribution in [2.24, 2.45) is 0 Å². The average Bonchev–Trinajstić information content (AvgIpc) is 3.04. The smallest absolute Gasteiger partial charge is 0.142 e. The molecule has 112 valence electrons. The van der Waals surface area contributed by atoms with Gasteiger partial charge in [0.05, 0.1) is 18.9 Å². The van der Waals surface area contributed by atoms with Gasteiger partial charge >= 0.3 is 0 Å². The maximum absolute atomic E-state index is 6.06. The van der Waals surface area contributed by atoms with Gasteiger partial charge in [-0.1, -0.05) is 0 Å². The van der Waals surface area contributed by atoms with Gasteiger partial charge in [0.25, 0.3) is 0 Å². The van der Waals surface area contributed by atoms with Gasteiger partial charge in [0, 0.05) is 36.8 Å². The Balaban J connectivity index is 1.56. The first kappa shape index (κ1) is 14.3. The molecule has 1 aliphatic heterocycles. The molecule has 0 radical (unpaired) electrons. The molecular formula is C15H19N3O2S. The van der Waals surface area contributed by atoms with Gasteiger partial charge < -0.3 is 15.2 Å². The fourth-order valence-corrected chi connectivity index (χ4v) is 2.92. The minimum atomic E-state index is 0.640. The molecule has 1 saturated heterocycles. The lowest BCUT2D eigenvalue weighted by Crippen LogP contribution is -2.38. The van der Waals surface area contributed by atoms with Crippen molar-refractivity contribution in [2.45, 2.75) is 0 Å². The van der Waals surface area contributed by atoms with Gasteiger partial charge in [-0.25, -0.2) is 4.98 Å². The number of morpholine rings is 1. The van der Waals surface area contributed by atoms with E-state index in [1.807, 2.05) is 23.6 Å². The van der Waals surface area contributed by atoms with Crippen molar-refractivity contribution in [3.8, 4) is 16.3 Å². The number of benzene rings is 1. The van der Waals surface area contributed by atoms with Crippen molar-refractivity contribution in [2.75, 3.05) is 45.2 Å². The van der Waals surface area contributed by atoms with Crippen molar-refractivity contribution < 1.29 is 9.47 Å². The van der Waals surface area contributed by atoms with Crippen LogP contribution in [-0.2, 0) is 4.74 Å². The Labute approximate surface area is 128 Å². The Morgan fingerprint density at radius 1 is 1.33 bits per heavy atom. The average molecular weight is 305 g/mol. The fraction of sp³-hybridized carbons (Fsp3) is 0.400. The van der Waals surface area contributed by atoms with E-state index < -0.39 is 0 Å². The normalized spacial score (nSPS) is 16.0. The molecule has 0 saturated carbocycles. The summed E-state index contributed by atoms with van der Waals surface area (Å²) < 4.78 is 11.1. The summed E-state index contributed by atoms with van der Waals surface area (Å²) in [5.74, 6) is 0.739. The summed E-state index contributed by atoms with van der Waals surface area (Å²) in [6, 6.07) is 5.84. The highest BCUT2D eigenvalue weighted by atomic mass is 32.1. The molecule has 2 aromatic rings. The second-order valence-corrected chi connectivity index (χ2v) is 5.79. The van der Waals surface area contributed by atoms with Crippen LogP contribution >= 0.6 is 11.3 Å². The summed E-state index contributed by atoms with van der Waals surface area (Å²) in [7, 11) is 0. The molecule has 0 bridgehead atoms. The third-order valence-corrected chi connectivity index (χ3v) is 4.28. The molecule has 1 aromatic heterocycles. The summed E-state index contributed by atoms with van der Waals surface area (Å²) in [5, 5.41) is 2.93. The maximum atomic E-state index is 6.06. The Hall–Kier alpha value is -1.63. The van der Waals surface area contributed by atoms with E-state index >= 15 is 0 Å². The first-order valence-electron chi connectivity index (χ1n) is 7.05. The first-order valence-corrected chi connectivity index (χ1v) is 7.93. The molecule has 1 aliphatic rings. The van der Waals surface area contributed by atoms with E-state index in [4.69, 9.17) is 15.2 Å². The van der Waals surface area contributed by atoms with E-state index in [1.54, 1.807) is 17.5 Å². The predicted octanol–water partition coefficient (Wildman–Crippen LogP) is 2.10. The number of nitrogen functional groups attached to an aromatic ring is 1. The van der Waals surface area contributed by atoms with Gasteiger partial charge in [-0.15, -0.1) is 11.3 Å². The number of aromatic nitrogens is 1. The van der Waals surface area contributed by atoms with Gasteiger partial charge in [-0.2, -0.15) is 0 Å². The van der Waals surface area contributed by atoms with Gasteiger partial charge in [-0.3, -0.25) is 4.90 Å². The molecule has 3 rings (SSSR count). The van der Waals surface area contributed by atoms with E-state index in [-0.39, 0.29) is 0 Å². The van der Waals surface area contributed by atoms with Crippen LogP contribution in [-0.4, -0.2) is 49.3 Å². The summed E-state index contributed by atoms with van der Waals surface area (Å²) in [6.45, 7) is 5.11. The van der Waals surface area contributed by atoms with Crippen LogP contribution in [0.3, 0.4) is 0 Å². The van der Waals surface area contributed by atoms with Gasteiger partial charge in [0.15, 0.2) is 0 Å². The fourth-order valence-electron chi connectivity index (χ4n) is 2.29. The second kappa shape index (κ2) is 6.89. The Bertz CT molecular complexity index is 568. The number of anilines is 1. The number of thiazole rings is 1. The zero-order valence-electron chi connectivity index (χ0n) is 11.8. The summed E-state index contributed by atoms with van der Waals surface area (Å²) in [6.07, 6.45) is 1.79. The number of hydrogen-bond acceptors (Lipinski definition) is 6. The standard InChI is InChI=1S/C15H19N3O2S/c16-13-11-12(15-17-3-10-21-15)1-2-14(13)20-9-6-18-4-7-19-8-5-18/h1-3,10-11H,4-9,16H2. The Morgan fingerprint density at radius 3 is 2.90 bits per heavy atom. The van der Waals surface area contributed by atoms with Gasteiger partial charge in [-0.05, 0) is 18.2 Å². The number of rotatable bonds is 5. The lowest BCUT2D eigenvalue weighted by molar-refractivity contribution is 0.0323. The van der Waals surface area contributed by atoms with Crippen molar-refractivity contribution >= 4 is 17.0 Å². The molecule has 2 N–H and O–H groups in total. The van der Waals surface area contributed by atoms with Crippen LogP contribution < -0.4 is 10.5 Å². The third kappa shape index (κ3) is 3.72. The number of ether oxygens (including phenoxy) is 2. The molecule has 0 unspecified atom stereocenters. The number of nitrogens with two attached hydrogens (primary N) is 1. The van der Waals surface area contributed by atoms with E-state index in [0.29, 0.717) is 12.3 Å². The Kier molecular flexibility index (Phi) is 4.69. The van der Waals surface area contributed by atoms with Crippen LogP contribution in [0.2, 0.25) is 0 Å². The molecule has 1 aromatic carbocycles. The predicted molar refractivity (Wildman–Crippen MR) is 84.7 cm³/mol.